The summed E-state index contributed by atoms with van der Waals surface area (Å²) in [6, 6.07) is -0.0412. The highest BCUT2D eigenvalue weighted by Gasteiger charge is 2.14. The minimum absolute atomic E-state index is 0.00683. The monoisotopic (exact) mass is 339 g/mol. The van der Waals surface area contributed by atoms with Crippen LogP contribution in [0.25, 0.3) is 0 Å². The van der Waals surface area contributed by atoms with Crippen LogP contribution in [-0.4, -0.2) is 25.5 Å². The molecule has 0 radical (unpaired) electrons. The quantitative estimate of drug-likeness (QED) is 0.905. The molecule has 20 heavy (non-hydrogen) atoms. The van der Waals surface area contributed by atoms with Gasteiger partial charge in [0.1, 0.15) is 0 Å². The highest BCUT2D eigenvalue weighted by Crippen LogP contribution is 2.16. The van der Waals surface area contributed by atoms with Crippen LogP contribution in [0.2, 0.25) is 0 Å². The predicted molar refractivity (Wildman–Crippen MR) is 79.0 cm³/mol. The first kappa shape index (κ1) is 14.8. The molecular formula is C13H18BrN5O. The lowest BCUT2D eigenvalue weighted by molar-refractivity contribution is -0.122. The number of rotatable bonds is 5. The molecule has 1 amide bonds. The summed E-state index contributed by atoms with van der Waals surface area (Å²) in [5, 5.41) is 11.3. The summed E-state index contributed by atoms with van der Waals surface area (Å²) in [5.74, 6) is 0.00683. The molecule has 2 aromatic rings. The minimum Gasteiger partial charge on any atom is -0.349 e. The Morgan fingerprint density at radius 1 is 1.45 bits per heavy atom. The zero-order chi connectivity index (χ0) is 14.7. The Morgan fingerprint density at radius 2 is 2.20 bits per heavy atom. The van der Waals surface area contributed by atoms with Crippen molar-refractivity contribution < 1.29 is 4.79 Å². The molecular weight excluding hydrogens is 322 g/mol. The number of hydrogen-bond acceptors (Lipinski definition) is 3. The minimum atomic E-state index is -0.0412. The maximum absolute atomic E-state index is 11.9. The zero-order valence-electron chi connectivity index (χ0n) is 11.8. The number of carbonyl (C=O) groups excluding carboxylic acids is 1. The molecule has 2 rings (SSSR count). The molecule has 1 atom stereocenters. The van der Waals surface area contributed by atoms with Crippen LogP contribution < -0.4 is 5.32 Å². The molecule has 2 heterocycles. The van der Waals surface area contributed by atoms with Gasteiger partial charge in [0, 0.05) is 37.5 Å². The Morgan fingerprint density at radius 3 is 2.75 bits per heavy atom. The van der Waals surface area contributed by atoms with E-state index in [0.29, 0.717) is 13.0 Å². The van der Waals surface area contributed by atoms with E-state index in [1.807, 2.05) is 27.1 Å². The molecule has 1 unspecified atom stereocenters. The molecule has 0 aliphatic carbocycles. The average Bonchev–Trinajstić information content (AvgIpc) is 2.95. The number of hydrogen-bond donors (Lipinski definition) is 1. The van der Waals surface area contributed by atoms with Crippen molar-refractivity contribution in [2.45, 2.75) is 32.9 Å². The lowest BCUT2D eigenvalue weighted by Crippen LogP contribution is -2.27. The van der Waals surface area contributed by atoms with E-state index in [-0.39, 0.29) is 11.9 Å². The summed E-state index contributed by atoms with van der Waals surface area (Å²) in [5.41, 5.74) is 2.11. The second-order valence-electron chi connectivity index (χ2n) is 4.77. The van der Waals surface area contributed by atoms with E-state index in [9.17, 15) is 4.79 Å². The number of nitrogens with zero attached hydrogens (tertiary/aromatic N) is 4. The highest BCUT2D eigenvalue weighted by atomic mass is 79.9. The molecule has 0 spiro atoms. The van der Waals surface area contributed by atoms with Crippen LogP contribution in [0.1, 0.15) is 30.6 Å². The maximum Gasteiger partial charge on any atom is 0.222 e. The summed E-state index contributed by atoms with van der Waals surface area (Å²) < 4.78 is 4.46. The Labute approximate surface area is 126 Å². The van der Waals surface area contributed by atoms with Crippen LogP contribution in [0, 0.1) is 6.92 Å². The zero-order valence-corrected chi connectivity index (χ0v) is 13.4. The van der Waals surface area contributed by atoms with Crippen molar-refractivity contribution >= 4 is 21.8 Å². The van der Waals surface area contributed by atoms with Crippen molar-refractivity contribution in [3.05, 3.63) is 34.3 Å². The van der Waals surface area contributed by atoms with E-state index in [2.05, 4.69) is 31.4 Å². The molecule has 0 saturated heterocycles. The Kier molecular flexibility index (Phi) is 4.59. The van der Waals surface area contributed by atoms with Gasteiger partial charge in [-0.2, -0.15) is 10.2 Å². The largest absolute Gasteiger partial charge is 0.349 e. The maximum atomic E-state index is 11.9. The summed E-state index contributed by atoms with van der Waals surface area (Å²) in [6.07, 6.45) is 5.75. The van der Waals surface area contributed by atoms with Gasteiger partial charge in [-0.3, -0.25) is 14.2 Å². The third kappa shape index (κ3) is 3.47. The predicted octanol–water partition coefficient (Wildman–Crippen LogP) is 1.96. The molecule has 0 saturated carbocycles. The van der Waals surface area contributed by atoms with Crippen molar-refractivity contribution in [2.75, 3.05) is 0 Å². The molecule has 7 heteroatoms. The van der Waals surface area contributed by atoms with Crippen molar-refractivity contribution in [1.82, 2.24) is 24.9 Å². The van der Waals surface area contributed by atoms with Crippen LogP contribution in [0.4, 0.5) is 0 Å². The van der Waals surface area contributed by atoms with Gasteiger partial charge in [-0.1, -0.05) is 0 Å². The summed E-state index contributed by atoms with van der Waals surface area (Å²) in [7, 11) is 1.89. The van der Waals surface area contributed by atoms with E-state index < -0.39 is 0 Å². The van der Waals surface area contributed by atoms with Crippen molar-refractivity contribution in [3.8, 4) is 0 Å². The van der Waals surface area contributed by atoms with Crippen molar-refractivity contribution in [2.24, 2.45) is 7.05 Å². The van der Waals surface area contributed by atoms with Crippen LogP contribution in [0.15, 0.2) is 23.1 Å². The fourth-order valence-corrected chi connectivity index (χ4v) is 2.34. The molecule has 0 aromatic carbocycles. The number of nitrogens with one attached hydrogen (secondary N) is 1. The van der Waals surface area contributed by atoms with E-state index in [1.54, 1.807) is 21.8 Å². The molecule has 0 bridgehead atoms. The van der Waals surface area contributed by atoms with Crippen LogP contribution in [0.3, 0.4) is 0 Å². The summed E-state index contributed by atoms with van der Waals surface area (Å²) in [6.45, 7) is 4.52. The van der Waals surface area contributed by atoms with Gasteiger partial charge < -0.3 is 5.32 Å². The van der Waals surface area contributed by atoms with E-state index in [1.165, 1.54) is 0 Å². The van der Waals surface area contributed by atoms with E-state index in [0.717, 1.165) is 15.7 Å². The van der Waals surface area contributed by atoms with Crippen LogP contribution >= 0.6 is 15.9 Å². The SMILES string of the molecule is Cc1c(C(C)NC(=O)CCn2cc(Br)cn2)cnn1C. The Balaban J connectivity index is 1.86. The van der Waals surface area contributed by atoms with Crippen molar-refractivity contribution in [3.63, 3.8) is 0 Å². The van der Waals surface area contributed by atoms with Gasteiger partial charge in [0.15, 0.2) is 0 Å². The van der Waals surface area contributed by atoms with Gasteiger partial charge in [0.25, 0.3) is 0 Å². The van der Waals surface area contributed by atoms with Gasteiger partial charge in [-0.05, 0) is 29.8 Å². The van der Waals surface area contributed by atoms with Crippen molar-refractivity contribution in [1.29, 1.82) is 0 Å². The molecule has 108 valence electrons. The fraction of sp³-hybridized carbons (Fsp3) is 0.462. The van der Waals surface area contributed by atoms with Gasteiger partial charge in [-0.15, -0.1) is 0 Å². The van der Waals surface area contributed by atoms with E-state index >= 15 is 0 Å². The average molecular weight is 340 g/mol. The second-order valence-corrected chi connectivity index (χ2v) is 5.69. The van der Waals surface area contributed by atoms with Crippen LogP contribution in [0.5, 0.6) is 0 Å². The molecule has 0 fully saturated rings. The number of aromatic nitrogens is 4. The number of carbonyl (C=O) groups is 1. The molecule has 1 N–H and O–H groups in total. The third-order valence-corrected chi connectivity index (χ3v) is 3.70. The van der Waals surface area contributed by atoms with Crippen LogP contribution in [-0.2, 0) is 18.4 Å². The third-order valence-electron chi connectivity index (χ3n) is 3.29. The molecule has 0 aliphatic rings. The van der Waals surface area contributed by atoms with Gasteiger partial charge in [-0.25, -0.2) is 0 Å². The summed E-state index contributed by atoms with van der Waals surface area (Å²) >= 11 is 3.33. The highest BCUT2D eigenvalue weighted by molar-refractivity contribution is 9.10. The number of aryl methyl sites for hydroxylation is 2. The first-order valence-corrected chi connectivity index (χ1v) is 7.22. The van der Waals surface area contributed by atoms with Gasteiger partial charge in [0.05, 0.1) is 22.9 Å². The molecule has 2 aromatic heterocycles. The smallest absolute Gasteiger partial charge is 0.222 e. The lowest BCUT2D eigenvalue weighted by Gasteiger charge is -2.13. The topological polar surface area (TPSA) is 64.7 Å². The van der Waals surface area contributed by atoms with Gasteiger partial charge >= 0.3 is 0 Å². The normalized spacial score (nSPS) is 12.4. The second kappa shape index (κ2) is 6.21. The van der Waals surface area contributed by atoms with Gasteiger partial charge in [0.2, 0.25) is 5.91 Å². The Hall–Kier alpha value is -1.63. The first-order valence-electron chi connectivity index (χ1n) is 6.43. The first-order chi connectivity index (χ1) is 9.47. The number of halogens is 1. The molecule has 0 aliphatic heterocycles. The Bertz CT molecular complexity index is 604. The molecule has 6 nitrogen and oxygen atoms in total. The standard InChI is InChI=1S/C13H18BrN5O/c1-9(12-7-15-18(3)10(12)2)17-13(20)4-5-19-8-11(14)6-16-19/h6-9H,4-5H2,1-3H3,(H,17,20). The fourth-order valence-electron chi connectivity index (χ4n) is 2.01. The number of amides is 1. The summed E-state index contributed by atoms with van der Waals surface area (Å²) in [4.78, 5) is 11.9. The van der Waals surface area contributed by atoms with E-state index in [4.69, 9.17) is 0 Å². The lowest BCUT2D eigenvalue weighted by atomic mass is 10.1.